The first-order valence-corrected chi connectivity index (χ1v) is 4.68. The summed E-state index contributed by atoms with van der Waals surface area (Å²) in [6.45, 7) is 12.1. The fourth-order valence-electron chi connectivity index (χ4n) is 1.17. The summed E-state index contributed by atoms with van der Waals surface area (Å²) in [7, 11) is 0. The third kappa shape index (κ3) is 4.37. The summed E-state index contributed by atoms with van der Waals surface area (Å²) < 4.78 is 0. The monoisotopic (exact) mass is 171 g/mol. The molecule has 0 unspecified atom stereocenters. The Bertz CT molecular complexity index is 146. The number of carbonyl (C=O) groups excluding carboxylic acids is 1. The molecule has 1 amide bonds. The van der Waals surface area contributed by atoms with Gasteiger partial charge in [0.05, 0.1) is 0 Å². The molecule has 0 aromatic rings. The summed E-state index contributed by atoms with van der Waals surface area (Å²) in [5, 5.41) is 0. The van der Waals surface area contributed by atoms with E-state index >= 15 is 0 Å². The molecule has 0 N–H and O–H groups in total. The van der Waals surface area contributed by atoms with Crippen LogP contribution in [0.2, 0.25) is 0 Å². The Morgan fingerprint density at radius 3 is 2.00 bits per heavy atom. The lowest BCUT2D eigenvalue weighted by Gasteiger charge is -2.28. The number of nitrogens with zero attached hydrogens (tertiary/aromatic N) is 1. The van der Waals surface area contributed by atoms with Crippen molar-refractivity contribution in [3.8, 4) is 0 Å². The molecular weight excluding hydrogens is 150 g/mol. The van der Waals surface area contributed by atoms with E-state index in [-0.39, 0.29) is 11.3 Å². The van der Waals surface area contributed by atoms with Crippen LogP contribution in [0.25, 0.3) is 0 Å². The van der Waals surface area contributed by atoms with Crippen molar-refractivity contribution < 1.29 is 4.79 Å². The van der Waals surface area contributed by atoms with E-state index in [1.54, 1.807) is 0 Å². The van der Waals surface area contributed by atoms with Crippen molar-refractivity contribution in [1.82, 2.24) is 4.90 Å². The molecule has 0 aliphatic carbocycles. The average Bonchev–Trinajstić information content (AvgIpc) is 1.97. The molecule has 0 bridgehead atoms. The Hall–Kier alpha value is -0.530. The van der Waals surface area contributed by atoms with E-state index in [0.717, 1.165) is 13.1 Å². The molecule has 2 heteroatoms. The Morgan fingerprint density at radius 2 is 1.75 bits per heavy atom. The highest BCUT2D eigenvalue weighted by Crippen LogP contribution is 2.15. The van der Waals surface area contributed by atoms with E-state index in [4.69, 9.17) is 0 Å². The second-order valence-corrected chi connectivity index (χ2v) is 4.32. The normalized spacial score (nSPS) is 11.4. The van der Waals surface area contributed by atoms with Crippen LogP contribution in [0.15, 0.2) is 0 Å². The number of carbonyl (C=O) groups is 1. The second-order valence-electron chi connectivity index (χ2n) is 4.32. The number of hydrogen-bond acceptors (Lipinski definition) is 1. The molecular formula is C10H21NO. The van der Waals surface area contributed by atoms with Gasteiger partial charge < -0.3 is 4.90 Å². The Balaban J connectivity index is 4.09. The number of hydrogen-bond donors (Lipinski definition) is 0. The number of amides is 1. The molecule has 0 atom stereocenters. The van der Waals surface area contributed by atoms with Gasteiger partial charge in [-0.2, -0.15) is 0 Å². The minimum atomic E-state index is 0.209. The highest BCUT2D eigenvalue weighted by atomic mass is 16.2. The van der Waals surface area contributed by atoms with Gasteiger partial charge in [0.15, 0.2) is 0 Å². The first kappa shape index (κ1) is 11.5. The maximum absolute atomic E-state index is 11.3. The van der Waals surface area contributed by atoms with Gasteiger partial charge in [0, 0.05) is 19.5 Å². The first-order chi connectivity index (χ1) is 5.40. The van der Waals surface area contributed by atoms with Crippen LogP contribution in [-0.2, 0) is 4.79 Å². The van der Waals surface area contributed by atoms with Crippen LogP contribution >= 0.6 is 0 Å². The Labute approximate surface area is 75.9 Å². The quantitative estimate of drug-likeness (QED) is 0.638. The highest BCUT2D eigenvalue weighted by Gasteiger charge is 2.17. The van der Waals surface area contributed by atoms with E-state index in [0.29, 0.717) is 6.42 Å². The lowest BCUT2D eigenvalue weighted by atomic mass is 9.96. The van der Waals surface area contributed by atoms with Gasteiger partial charge in [-0.05, 0) is 12.3 Å². The molecule has 0 saturated carbocycles. The molecule has 0 aromatic carbocycles. The van der Waals surface area contributed by atoms with Crippen LogP contribution in [-0.4, -0.2) is 23.9 Å². The Kier molecular flexibility index (Phi) is 4.29. The van der Waals surface area contributed by atoms with Gasteiger partial charge in [-0.1, -0.05) is 27.7 Å². The van der Waals surface area contributed by atoms with Crippen molar-refractivity contribution >= 4 is 5.91 Å². The smallest absolute Gasteiger partial charge is 0.222 e. The first-order valence-electron chi connectivity index (χ1n) is 4.68. The van der Waals surface area contributed by atoms with Crippen molar-refractivity contribution in [3.05, 3.63) is 0 Å². The predicted molar refractivity (Wildman–Crippen MR) is 52.0 cm³/mol. The van der Waals surface area contributed by atoms with Crippen molar-refractivity contribution in [3.63, 3.8) is 0 Å². The van der Waals surface area contributed by atoms with Gasteiger partial charge in [-0.15, -0.1) is 0 Å². The van der Waals surface area contributed by atoms with Gasteiger partial charge >= 0.3 is 0 Å². The molecule has 0 saturated heterocycles. The van der Waals surface area contributed by atoms with Gasteiger partial charge in [0.25, 0.3) is 0 Å². The maximum Gasteiger partial charge on any atom is 0.222 e. The van der Waals surface area contributed by atoms with Gasteiger partial charge in [-0.3, -0.25) is 4.79 Å². The molecule has 0 heterocycles. The van der Waals surface area contributed by atoms with Gasteiger partial charge in [-0.25, -0.2) is 0 Å². The molecule has 0 radical (unpaired) electrons. The van der Waals surface area contributed by atoms with Crippen LogP contribution in [0.3, 0.4) is 0 Å². The van der Waals surface area contributed by atoms with Crippen molar-refractivity contribution in [2.24, 2.45) is 5.41 Å². The molecule has 2 nitrogen and oxygen atoms in total. The SMILES string of the molecule is CCC(=O)N(CC)CC(C)(C)C. The summed E-state index contributed by atoms with van der Waals surface area (Å²) in [6, 6.07) is 0. The summed E-state index contributed by atoms with van der Waals surface area (Å²) >= 11 is 0. The van der Waals surface area contributed by atoms with E-state index in [9.17, 15) is 4.79 Å². The number of rotatable bonds is 3. The summed E-state index contributed by atoms with van der Waals surface area (Å²) in [5.74, 6) is 0.257. The standard InChI is InChI=1S/C10H21NO/c1-6-9(12)11(7-2)8-10(3,4)5/h6-8H2,1-5H3. The molecule has 72 valence electrons. The summed E-state index contributed by atoms with van der Waals surface area (Å²) in [5.41, 5.74) is 0.209. The molecule has 0 spiro atoms. The lowest BCUT2D eigenvalue weighted by molar-refractivity contribution is -0.131. The van der Waals surface area contributed by atoms with Crippen LogP contribution < -0.4 is 0 Å². The molecule has 0 fully saturated rings. The van der Waals surface area contributed by atoms with Crippen LogP contribution in [0, 0.1) is 5.41 Å². The van der Waals surface area contributed by atoms with E-state index in [1.807, 2.05) is 18.7 Å². The predicted octanol–water partition coefficient (Wildman–Crippen LogP) is 2.29. The van der Waals surface area contributed by atoms with E-state index < -0.39 is 0 Å². The van der Waals surface area contributed by atoms with Crippen molar-refractivity contribution in [1.29, 1.82) is 0 Å². The average molecular weight is 171 g/mol. The second kappa shape index (κ2) is 4.48. The van der Waals surface area contributed by atoms with Crippen LogP contribution in [0.4, 0.5) is 0 Å². The molecule has 0 aromatic heterocycles. The minimum absolute atomic E-state index is 0.209. The van der Waals surface area contributed by atoms with Crippen molar-refractivity contribution in [2.45, 2.75) is 41.0 Å². The zero-order valence-corrected chi connectivity index (χ0v) is 8.98. The minimum Gasteiger partial charge on any atom is -0.342 e. The molecule has 12 heavy (non-hydrogen) atoms. The van der Waals surface area contributed by atoms with E-state index in [1.165, 1.54) is 0 Å². The van der Waals surface area contributed by atoms with E-state index in [2.05, 4.69) is 20.8 Å². The molecule has 0 aliphatic rings. The van der Waals surface area contributed by atoms with Gasteiger partial charge in [0.1, 0.15) is 0 Å². The largest absolute Gasteiger partial charge is 0.342 e. The fraction of sp³-hybridized carbons (Fsp3) is 0.900. The topological polar surface area (TPSA) is 20.3 Å². The van der Waals surface area contributed by atoms with Crippen LogP contribution in [0.1, 0.15) is 41.0 Å². The zero-order chi connectivity index (χ0) is 9.78. The summed E-state index contributed by atoms with van der Waals surface area (Å²) in [6.07, 6.45) is 0.615. The fourth-order valence-corrected chi connectivity index (χ4v) is 1.17. The van der Waals surface area contributed by atoms with Gasteiger partial charge in [0.2, 0.25) is 5.91 Å². The summed E-state index contributed by atoms with van der Waals surface area (Å²) in [4.78, 5) is 13.3. The maximum atomic E-state index is 11.3. The Morgan fingerprint density at radius 1 is 1.25 bits per heavy atom. The van der Waals surface area contributed by atoms with Crippen molar-refractivity contribution in [2.75, 3.05) is 13.1 Å². The highest BCUT2D eigenvalue weighted by molar-refractivity contribution is 5.75. The zero-order valence-electron chi connectivity index (χ0n) is 8.98. The molecule has 0 rings (SSSR count). The van der Waals surface area contributed by atoms with Crippen LogP contribution in [0.5, 0.6) is 0 Å². The molecule has 0 aliphatic heterocycles. The third-order valence-electron chi connectivity index (χ3n) is 1.70. The lowest BCUT2D eigenvalue weighted by Crippen LogP contribution is -2.37. The third-order valence-corrected chi connectivity index (χ3v) is 1.70.